The number of hydrogen-bond acceptors (Lipinski definition) is 5. The number of hydrogen-bond donors (Lipinski definition) is 2. The quantitative estimate of drug-likeness (QED) is 0.781. The van der Waals surface area contributed by atoms with Crippen molar-refractivity contribution in [2.24, 2.45) is 0 Å². The Morgan fingerprint density at radius 2 is 2.11 bits per heavy atom. The van der Waals surface area contributed by atoms with Gasteiger partial charge in [-0.2, -0.15) is 12.7 Å². The van der Waals surface area contributed by atoms with Gasteiger partial charge in [0.15, 0.2) is 5.15 Å². The van der Waals surface area contributed by atoms with Crippen LogP contribution in [0, 0.1) is 0 Å². The fourth-order valence-electron chi connectivity index (χ4n) is 1.53. The molecule has 100 valence electrons. The second-order valence-electron chi connectivity index (χ2n) is 3.73. The highest BCUT2D eigenvalue weighted by atomic mass is 35.5. The van der Waals surface area contributed by atoms with Crippen molar-refractivity contribution in [3.63, 3.8) is 0 Å². The Hall–Kier alpha value is -1.09. The van der Waals surface area contributed by atoms with Gasteiger partial charge in [-0.25, -0.2) is 4.98 Å². The van der Waals surface area contributed by atoms with Gasteiger partial charge in [-0.1, -0.05) is 11.6 Å². The molecule has 0 aliphatic carbocycles. The van der Waals surface area contributed by atoms with E-state index < -0.39 is 10.2 Å². The SMILES string of the molecule is Nc1cnc(Cl)c(NS(=O)(=O)N2CCOCC2)c1. The number of aromatic nitrogens is 1. The van der Waals surface area contributed by atoms with Gasteiger partial charge >= 0.3 is 10.2 Å². The average Bonchev–Trinajstić information content (AvgIpc) is 2.35. The fraction of sp³-hybridized carbons (Fsp3) is 0.444. The van der Waals surface area contributed by atoms with E-state index >= 15 is 0 Å². The molecule has 1 aromatic rings. The molecule has 0 bridgehead atoms. The minimum atomic E-state index is -3.65. The van der Waals surface area contributed by atoms with Crippen molar-refractivity contribution in [2.45, 2.75) is 0 Å². The fourth-order valence-corrected chi connectivity index (χ4v) is 2.93. The van der Waals surface area contributed by atoms with Crippen molar-refractivity contribution < 1.29 is 13.2 Å². The van der Waals surface area contributed by atoms with E-state index in [1.807, 2.05) is 0 Å². The number of morpholine rings is 1. The van der Waals surface area contributed by atoms with Gasteiger partial charge in [-0.15, -0.1) is 0 Å². The Labute approximate surface area is 110 Å². The van der Waals surface area contributed by atoms with E-state index in [4.69, 9.17) is 22.1 Å². The predicted molar refractivity (Wildman–Crippen MR) is 68.6 cm³/mol. The topological polar surface area (TPSA) is 97.5 Å². The molecule has 0 unspecified atom stereocenters. The van der Waals surface area contributed by atoms with E-state index in [9.17, 15) is 8.42 Å². The lowest BCUT2D eigenvalue weighted by molar-refractivity contribution is 0.0733. The van der Waals surface area contributed by atoms with Crippen LogP contribution in [-0.4, -0.2) is 44.0 Å². The molecule has 2 heterocycles. The summed E-state index contributed by atoms with van der Waals surface area (Å²) in [6, 6.07) is 1.42. The summed E-state index contributed by atoms with van der Waals surface area (Å²) in [5, 5.41) is 0.0565. The summed E-state index contributed by atoms with van der Waals surface area (Å²) in [7, 11) is -3.65. The van der Waals surface area contributed by atoms with Crippen LogP contribution in [0.5, 0.6) is 0 Å². The number of rotatable bonds is 3. The monoisotopic (exact) mass is 292 g/mol. The Morgan fingerprint density at radius 1 is 1.44 bits per heavy atom. The van der Waals surface area contributed by atoms with Crippen molar-refractivity contribution in [3.8, 4) is 0 Å². The smallest absolute Gasteiger partial charge is 0.301 e. The number of nitrogens with zero attached hydrogens (tertiary/aromatic N) is 2. The molecule has 1 fully saturated rings. The molecular weight excluding hydrogens is 280 g/mol. The molecule has 0 amide bonds. The maximum atomic E-state index is 12.1. The van der Waals surface area contributed by atoms with Crippen molar-refractivity contribution in [1.29, 1.82) is 0 Å². The molecule has 0 aromatic carbocycles. The summed E-state index contributed by atoms with van der Waals surface area (Å²) in [6.45, 7) is 1.37. The van der Waals surface area contributed by atoms with Gasteiger partial charge in [-0.05, 0) is 6.07 Å². The van der Waals surface area contributed by atoms with Gasteiger partial charge in [0.25, 0.3) is 0 Å². The number of pyridine rings is 1. The first-order valence-electron chi connectivity index (χ1n) is 5.26. The lowest BCUT2D eigenvalue weighted by atomic mass is 10.4. The molecule has 7 nitrogen and oxygen atoms in total. The number of nitrogens with one attached hydrogen (secondary N) is 1. The minimum Gasteiger partial charge on any atom is -0.397 e. The summed E-state index contributed by atoms with van der Waals surface area (Å²) in [5.74, 6) is 0. The van der Waals surface area contributed by atoms with E-state index in [1.54, 1.807) is 0 Å². The van der Waals surface area contributed by atoms with Crippen molar-refractivity contribution in [3.05, 3.63) is 17.4 Å². The second kappa shape index (κ2) is 5.27. The zero-order valence-corrected chi connectivity index (χ0v) is 11.0. The number of nitrogens with two attached hydrogens (primary N) is 1. The number of anilines is 2. The highest BCUT2D eigenvalue weighted by molar-refractivity contribution is 7.90. The molecule has 18 heavy (non-hydrogen) atoms. The van der Waals surface area contributed by atoms with Gasteiger partial charge in [0.05, 0.1) is 30.8 Å². The molecule has 1 aliphatic rings. The Kier molecular flexibility index (Phi) is 3.91. The third kappa shape index (κ3) is 3.02. The lowest BCUT2D eigenvalue weighted by Crippen LogP contribution is -2.43. The van der Waals surface area contributed by atoms with E-state index in [-0.39, 0.29) is 10.8 Å². The zero-order chi connectivity index (χ0) is 13.2. The Morgan fingerprint density at radius 3 is 2.78 bits per heavy atom. The summed E-state index contributed by atoms with van der Waals surface area (Å²) in [5.41, 5.74) is 6.04. The molecule has 1 saturated heterocycles. The van der Waals surface area contributed by atoms with Crippen LogP contribution in [0.1, 0.15) is 0 Å². The van der Waals surface area contributed by atoms with Gasteiger partial charge in [-0.3, -0.25) is 4.72 Å². The van der Waals surface area contributed by atoms with Crippen LogP contribution in [0.2, 0.25) is 5.15 Å². The molecule has 2 rings (SSSR count). The maximum absolute atomic E-state index is 12.1. The molecule has 0 atom stereocenters. The van der Waals surface area contributed by atoms with Crippen LogP contribution < -0.4 is 10.5 Å². The van der Waals surface area contributed by atoms with Crippen LogP contribution >= 0.6 is 11.6 Å². The first-order chi connectivity index (χ1) is 8.49. The van der Waals surface area contributed by atoms with Crippen LogP contribution in [0.4, 0.5) is 11.4 Å². The number of nitrogen functional groups attached to an aromatic ring is 1. The first-order valence-corrected chi connectivity index (χ1v) is 7.07. The molecule has 0 saturated carbocycles. The third-order valence-corrected chi connectivity index (χ3v) is 4.23. The average molecular weight is 293 g/mol. The first kappa shape index (κ1) is 13.3. The minimum absolute atomic E-state index is 0.0565. The Balaban J connectivity index is 2.18. The van der Waals surface area contributed by atoms with Crippen molar-refractivity contribution >= 4 is 33.2 Å². The van der Waals surface area contributed by atoms with Gasteiger partial charge < -0.3 is 10.5 Å². The van der Waals surface area contributed by atoms with Crippen LogP contribution in [0.15, 0.2) is 12.3 Å². The highest BCUT2D eigenvalue weighted by Gasteiger charge is 2.25. The largest absolute Gasteiger partial charge is 0.397 e. The molecule has 1 aromatic heterocycles. The van der Waals surface area contributed by atoms with E-state index in [1.165, 1.54) is 16.6 Å². The van der Waals surface area contributed by atoms with Crippen LogP contribution in [0.3, 0.4) is 0 Å². The second-order valence-corrected chi connectivity index (χ2v) is 5.75. The summed E-state index contributed by atoms with van der Waals surface area (Å²) in [6.07, 6.45) is 1.36. The highest BCUT2D eigenvalue weighted by Crippen LogP contribution is 2.23. The maximum Gasteiger partial charge on any atom is 0.301 e. The van der Waals surface area contributed by atoms with Crippen LogP contribution in [0.25, 0.3) is 0 Å². The van der Waals surface area contributed by atoms with Crippen molar-refractivity contribution in [1.82, 2.24) is 9.29 Å². The van der Waals surface area contributed by atoms with Gasteiger partial charge in [0.2, 0.25) is 0 Å². The van der Waals surface area contributed by atoms with E-state index in [0.717, 1.165) is 0 Å². The molecule has 3 N–H and O–H groups in total. The standard InChI is InChI=1S/C9H13ClN4O3S/c10-9-8(5-7(11)6-12-9)13-18(15,16)14-1-3-17-4-2-14/h5-6,13H,1-4,11H2. The van der Waals surface area contributed by atoms with E-state index in [2.05, 4.69) is 9.71 Å². The summed E-state index contributed by atoms with van der Waals surface area (Å²) >= 11 is 5.80. The van der Waals surface area contributed by atoms with Gasteiger partial charge in [0, 0.05) is 13.1 Å². The van der Waals surface area contributed by atoms with E-state index in [0.29, 0.717) is 32.0 Å². The number of ether oxygens (including phenoxy) is 1. The summed E-state index contributed by atoms with van der Waals surface area (Å²) < 4.78 is 32.8. The summed E-state index contributed by atoms with van der Waals surface area (Å²) in [4.78, 5) is 3.78. The molecule has 9 heteroatoms. The predicted octanol–water partition coefficient (Wildman–Crippen LogP) is 0.306. The lowest BCUT2D eigenvalue weighted by Gasteiger charge is -2.26. The molecule has 0 spiro atoms. The van der Waals surface area contributed by atoms with Gasteiger partial charge in [0.1, 0.15) is 0 Å². The molecule has 1 aliphatic heterocycles. The zero-order valence-electron chi connectivity index (χ0n) is 9.47. The normalized spacial score (nSPS) is 17.6. The molecule has 0 radical (unpaired) electrons. The number of halogens is 1. The van der Waals surface area contributed by atoms with Crippen LogP contribution in [-0.2, 0) is 14.9 Å². The molecular formula is C9H13ClN4O3S. The van der Waals surface area contributed by atoms with Crippen molar-refractivity contribution in [2.75, 3.05) is 36.8 Å². The third-order valence-electron chi connectivity index (χ3n) is 2.41. The Bertz CT molecular complexity index is 531.